The van der Waals surface area contributed by atoms with Gasteiger partial charge in [0.1, 0.15) is 6.54 Å². The van der Waals surface area contributed by atoms with E-state index in [9.17, 15) is 0 Å². The Labute approximate surface area is 92.1 Å². The molecule has 1 aliphatic carbocycles. The Morgan fingerprint density at radius 1 is 1.13 bits per heavy atom. The predicted octanol–water partition coefficient (Wildman–Crippen LogP) is 2.46. The van der Waals surface area contributed by atoms with E-state index in [1.54, 1.807) is 6.26 Å². The average Bonchev–Trinajstić information content (AvgIpc) is 2.68. The largest absolute Gasteiger partial charge is 0.463 e. The second-order valence-corrected chi connectivity index (χ2v) is 4.62. The minimum Gasteiger partial charge on any atom is -0.463 e. The van der Waals surface area contributed by atoms with Crippen molar-refractivity contribution in [3.05, 3.63) is 24.2 Å². The van der Waals surface area contributed by atoms with Gasteiger partial charge in [-0.1, -0.05) is 19.3 Å². The Hall–Kier alpha value is -0.760. The minimum atomic E-state index is 0.829. The molecule has 1 aromatic heterocycles. The van der Waals surface area contributed by atoms with Crippen molar-refractivity contribution in [1.29, 1.82) is 0 Å². The monoisotopic (exact) mass is 208 g/mol. The maximum Gasteiger partial charge on any atom is 0.157 e. The molecule has 2 nitrogen and oxygen atoms in total. The fraction of sp³-hybridized carbons (Fsp3) is 0.692. The molecule has 1 fully saturated rings. The first kappa shape index (κ1) is 10.7. The number of furan rings is 1. The molecule has 15 heavy (non-hydrogen) atoms. The average molecular weight is 208 g/mol. The van der Waals surface area contributed by atoms with E-state index in [0.717, 1.165) is 18.3 Å². The zero-order valence-corrected chi connectivity index (χ0v) is 9.45. The fourth-order valence-electron chi connectivity index (χ4n) is 2.43. The van der Waals surface area contributed by atoms with E-state index in [0.29, 0.717) is 0 Å². The lowest BCUT2D eigenvalue weighted by atomic mass is 9.97. The van der Waals surface area contributed by atoms with Gasteiger partial charge < -0.3 is 9.73 Å². The summed E-state index contributed by atoms with van der Waals surface area (Å²) < 4.78 is 5.35. The van der Waals surface area contributed by atoms with Crippen molar-refractivity contribution in [2.75, 3.05) is 0 Å². The highest BCUT2D eigenvalue weighted by atomic mass is 16.3. The van der Waals surface area contributed by atoms with Gasteiger partial charge in [0.15, 0.2) is 5.76 Å². The summed E-state index contributed by atoms with van der Waals surface area (Å²) in [5.74, 6) is 1.11. The summed E-state index contributed by atoms with van der Waals surface area (Å²) in [5, 5.41) is 2.46. The molecule has 1 saturated carbocycles. The summed E-state index contributed by atoms with van der Waals surface area (Å²) in [4.78, 5) is 0. The van der Waals surface area contributed by atoms with Crippen LogP contribution in [0.4, 0.5) is 0 Å². The molecular weight excluding hydrogens is 186 g/mol. The Morgan fingerprint density at radius 3 is 2.53 bits per heavy atom. The Morgan fingerprint density at radius 2 is 1.87 bits per heavy atom. The molecule has 1 aliphatic rings. The zero-order valence-electron chi connectivity index (χ0n) is 9.45. The van der Waals surface area contributed by atoms with Crippen molar-refractivity contribution in [3.63, 3.8) is 0 Å². The van der Waals surface area contributed by atoms with E-state index >= 15 is 0 Å². The maximum absolute atomic E-state index is 5.35. The topological polar surface area (TPSA) is 29.8 Å². The van der Waals surface area contributed by atoms with Crippen molar-refractivity contribution < 1.29 is 9.73 Å². The van der Waals surface area contributed by atoms with Gasteiger partial charge in [0.05, 0.1) is 12.3 Å². The van der Waals surface area contributed by atoms with Crippen molar-refractivity contribution >= 4 is 0 Å². The second-order valence-electron chi connectivity index (χ2n) is 4.62. The van der Waals surface area contributed by atoms with Gasteiger partial charge in [0, 0.05) is 0 Å². The van der Waals surface area contributed by atoms with Crippen LogP contribution in [0.25, 0.3) is 0 Å². The number of hydrogen-bond donors (Lipinski definition) is 1. The van der Waals surface area contributed by atoms with E-state index in [1.165, 1.54) is 44.9 Å². The summed E-state index contributed by atoms with van der Waals surface area (Å²) in [7, 11) is 0. The first-order valence-corrected chi connectivity index (χ1v) is 6.31. The zero-order chi connectivity index (χ0) is 10.3. The molecule has 84 valence electrons. The molecule has 0 aliphatic heterocycles. The summed E-state index contributed by atoms with van der Waals surface area (Å²) in [5.41, 5.74) is 0. The predicted molar refractivity (Wildman–Crippen MR) is 60.4 cm³/mol. The fourth-order valence-corrected chi connectivity index (χ4v) is 2.43. The Balaban J connectivity index is 1.72. The molecule has 2 rings (SSSR count). The first-order chi connectivity index (χ1) is 7.45. The van der Waals surface area contributed by atoms with Crippen molar-refractivity contribution in [2.24, 2.45) is 0 Å². The van der Waals surface area contributed by atoms with Gasteiger partial charge >= 0.3 is 0 Å². The lowest BCUT2D eigenvalue weighted by Crippen LogP contribution is -2.88. The third kappa shape index (κ3) is 3.71. The minimum absolute atomic E-state index is 0.829. The molecule has 0 aromatic carbocycles. The van der Waals surface area contributed by atoms with Gasteiger partial charge in [0.25, 0.3) is 0 Å². The first-order valence-electron chi connectivity index (χ1n) is 6.31. The molecule has 0 unspecified atom stereocenters. The van der Waals surface area contributed by atoms with Gasteiger partial charge in [-0.15, -0.1) is 0 Å². The summed E-state index contributed by atoms with van der Waals surface area (Å²) in [6, 6.07) is 4.87. The quantitative estimate of drug-likeness (QED) is 0.812. The van der Waals surface area contributed by atoms with Crippen LogP contribution < -0.4 is 5.32 Å². The molecule has 2 heteroatoms. The van der Waals surface area contributed by atoms with Crippen LogP contribution in [-0.4, -0.2) is 6.04 Å². The molecule has 1 aromatic rings. The lowest BCUT2D eigenvalue weighted by Gasteiger charge is -2.17. The van der Waals surface area contributed by atoms with E-state index < -0.39 is 0 Å². The number of quaternary nitrogens is 1. The molecule has 0 radical (unpaired) electrons. The normalized spacial score (nSPS) is 19.7. The van der Waals surface area contributed by atoms with Crippen LogP contribution >= 0.6 is 0 Å². The van der Waals surface area contributed by atoms with Crippen LogP contribution in [0.1, 0.15) is 50.7 Å². The van der Waals surface area contributed by atoms with Crippen molar-refractivity contribution in [1.82, 2.24) is 0 Å². The third-order valence-corrected chi connectivity index (χ3v) is 3.38. The number of hydrogen-bond acceptors (Lipinski definition) is 1. The van der Waals surface area contributed by atoms with E-state index in [1.807, 2.05) is 6.07 Å². The van der Waals surface area contributed by atoms with Crippen LogP contribution in [0.3, 0.4) is 0 Å². The van der Waals surface area contributed by atoms with Gasteiger partial charge in [-0.2, -0.15) is 0 Å². The van der Waals surface area contributed by atoms with Crippen LogP contribution in [0.2, 0.25) is 0 Å². The molecule has 0 bridgehead atoms. The smallest absolute Gasteiger partial charge is 0.157 e. The van der Waals surface area contributed by atoms with Gasteiger partial charge in [-0.25, -0.2) is 0 Å². The summed E-state index contributed by atoms with van der Waals surface area (Å²) >= 11 is 0. The van der Waals surface area contributed by atoms with Crippen LogP contribution in [0.15, 0.2) is 22.8 Å². The standard InChI is InChI=1S/C13H21NO/c1-2-4-7-12(8-5-3-1)14-11-13-9-6-10-15-13/h6,9-10,12,14H,1-5,7-8,11H2/p+1. The van der Waals surface area contributed by atoms with E-state index in [2.05, 4.69) is 11.4 Å². The molecule has 1 heterocycles. The van der Waals surface area contributed by atoms with E-state index in [-0.39, 0.29) is 0 Å². The summed E-state index contributed by atoms with van der Waals surface area (Å²) in [6.07, 6.45) is 11.7. The molecule has 0 spiro atoms. The van der Waals surface area contributed by atoms with Crippen molar-refractivity contribution in [2.45, 2.75) is 57.5 Å². The second kappa shape index (κ2) is 5.96. The highest BCUT2D eigenvalue weighted by Crippen LogP contribution is 2.15. The van der Waals surface area contributed by atoms with Crippen LogP contribution in [-0.2, 0) is 6.54 Å². The molecule has 2 N–H and O–H groups in total. The van der Waals surface area contributed by atoms with Crippen molar-refractivity contribution in [3.8, 4) is 0 Å². The molecular formula is C13H22NO+. The maximum atomic E-state index is 5.35. The number of nitrogens with two attached hydrogens (primary N) is 1. The third-order valence-electron chi connectivity index (χ3n) is 3.38. The SMILES string of the molecule is c1coc(C[NH2+]C2CCCCCCC2)c1. The van der Waals surface area contributed by atoms with E-state index in [4.69, 9.17) is 4.42 Å². The lowest BCUT2D eigenvalue weighted by molar-refractivity contribution is -0.707. The molecule has 0 atom stereocenters. The van der Waals surface area contributed by atoms with Crippen LogP contribution in [0, 0.1) is 0 Å². The molecule has 0 saturated heterocycles. The Kier molecular flexibility index (Phi) is 4.27. The van der Waals surface area contributed by atoms with Crippen LogP contribution in [0.5, 0.6) is 0 Å². The Bertz CT molecular complexity index is 248. The highest BCUT2D eigenvalue weighted by molar-refractivity contribution is 4.95. The highest BCUT2D eigenvalue weighted by Gasteiger charge is 2.14. The van der Waals surface area contributed by atoms with Gasteiger partial charge in [0.2, 0.25) is 0 Å². The van der Waals surface area contributed by atoms with Gasteiger partial charge in [-0.3, -0.25) is 0 Å². The van der Waals surface area contributed by atoms with Gasteiger partial charge in [-0.05, 0) is 37.8 Å². The summed E-state index contributed by atoms with van der Waals surface area (Å²) in [6.45, 7) is 1.01. The molecule has 0 amide bonds. The number of rotatable bonds is 3.